The van der Waals surface area contributed by atoms with Crippen LogP contribution in [0.3, 0.4) is 0 Å². The first-order valence-corrected chi connectivity index (χ1v) is 5.33. The highest BCUT2D eigenvalue weighted by molar-refractivity contribution is 6.18. The summed E-state index contributed by atoms with van der Waals surface area (Å²) in [4.78, 5) is 16.6. The number of carbonyl (C=O) groups is 1. The van der Waals surface area contributed by atoms with Gasteiger partial charge in [0.1, 0.15) is 0 Å². The Balaban J connectivity index is 2.04. The molecule has 0 saturated carbocycles. The second-order valence-electron chi connectivity index (χ2n) is 3.49. The number of hydrogen-bond donors (Lipinski definition) is 1. The van der Waals surface area contributed by atoms with Gasteiger partial charge in [0, 0.05) is 43.7 Å². The number of halogens is 1. The summed E-state index contributed by atoms with van der Waals surface area (Å²) in [5, 5.41) is 0. The fourth-order valence-corrected chi connectivity index (χ4v) is 1.96. The van der Waals surface area contributed by atoms with Gasteiger partial charge in [0.15, 0.2) is 0 Å². The highest BCUT2D eigenvalue weighted by Crippen LogP contribution is 2.17. The van der Waals surface area contributed by atoms with Crippen molar-refractivity contribution in [2.24, 2.45) is 0 Å². The summed E-state index contributed by atoms with van der Waals surface area (Å²) in [6, 6.07) is 2.04. The van der Waals surface area contributed by atoms with Crippen molar-refractivity contribution < 1.29 is 4.79 Å². The standard InChI is InChI=1S/C10H13ClN2O/c11-4-1-10(14)13-6-3-9-8(7-13)2-5-12-9/h2,5,12H,1,3-4,6-7H2. The van der Waals surface area contributed by atoms with E-state index in [9.17, 15) is 4.79 Å². The quantitative estimate of drug-likeness (QED) is 0.742. The van der Waals surface area contributed by atoms with Gasteiger partial charge in [-0.05, 0) is 11.6 Å². The molecule has 1 N–H and O–H groups in total. The number of carbonyl (C=O) groups excluding carboxylic acids is 1. The molecule has 0 saturated heterocycles. The maximum Gasteiger partial charge on any atom is 0.224 e. The maximum absolute atomic E-state index is 11.6. The van der Waals surface area contributed by atoms with E-state index < -0.39 is 0 Å². The van der Waals surface area contributed by atoms with Crippen LogP contribution in [0.25, 0.3) is 0 Å². The van der Waals surface area contributed by atoms with Crippen LogP contribution >= 0.6 is 11.6 Å². The maximum atomic E-state index is 11.6. The molecule has 14 heavy (non-hydrogen) atoms. The normalized spacial score (nSPS) is 15.4. The zero-order valence-electron chi connectivity index (χ0n) is 7.92. The van der Waals surface area contributed by atoms with E-state index in [2.05, 4.69) is 4.98 Å². The summed E-state index contributed by atoms with van der Waals surface area (Å²) < 4.78 is 0. The van der Waals surface area contributed by atoms with Gasteiger partial charge < -0.3 is 9.88 Å². The minimum absolute atomic E-state index is 0.159. The van der Waals surface area contributed by atoms with E-state index in [4.69, 9.17) is 11.6 Å². The molecule has 0 spiro atoms. The smallest absolute Gasteiger partial charge is 0.224 e. The zero-order valence-corrected chi connectivity index (χ0v) is 8.68. The number of amides is 1. The van der Waals surface area contributed by atoms with E-state index in [1.165, 1.54) is 11.3 Å². The van der Waals surface area contributed by atoms with Gasteiger partial charge in [-0.25, -0.2) is 0 Å². The summed E-state index contributed by atoms with van der Waals surface area (Å²) >= 11 is 5.54. The molecular weight excluding hydrogens is 200 g/mol. The summed E-state index contributed by atoms with van der Waals surface area (Å²) in [6.45, 7) is 1.54. The van der Waals surface area contributed by atoms with Crippen LogP contribution in [0.15, 0.2) is 12.3 Å². The number of H-pyrrole nitrogens is 1. The van der Waals surface area contributed by atoms with Crippen LogP contribution in [0.1, 0.15) is 17.7 Å². The van der Waals surface area contributed by atoms with Gasteiger partial charge in [-0.1, -0.05) is 0 Å². The lowest BCUT2D eigenvalue weighted by molar-refractivity contribution is -0.131. The number of hydrogen-bond acceptors (Lipinski definition) is 1. The molecule has 2 heterocycles. The van der Waals surface area contributed by atoms with Crippen LogP contribution in [-0.4, -0.2) is 28.2 Å². The van der Waals surface area contributed by atoms with Crippen molar-refractivity contribution in [1.29, 1.82) is 0 Å². The minimum atomic E-state index is 0.159. The Morgan fingerprint density at radius 1 is 1.64 bits per heavy atom. The molecule has 1 amide bonds. The molecule has 0 atom stereocenters. The van der Waals surface area contributed by atoms with E-state index in [1.54, 1.807) is 0 Å². The topological polar surface area (TPSA) is 36.1 Å². The molecule has 0 unspecified atom stereocenters. The molecule has 0 radical (unpaired) electrons. The van der Waals surface area contributed by atoms with Gasteiger partial charge in [-0.2, -0.15) is 0 Å². The molecule has 0 bridgehead atoms. The summed E-state index contributed by atoms with van der Waals surface area (Å²) in [7, 11) is 0. The molecule has 76 valence electrons. The SMILES string of the molecule is O=C(CCCl)N1CCc2[nH]ccc2C1. The molecule has 1 aromatic heterocycles. The Morgan fingerprint density at radius 2 is 2.50 bits per heavy atom. The van der Waals surface area contributed by atoms with E-state index in [0.717, 1.165) is 19.5 Å². The van der Waals surface area contributed by atoms with Crippen molar-refractivity contribution in [3.05, 3.63) is 23.5 Å². The lowest BCUT2D eigenvalue weighted by Crippen LogP contribution is -2.35. The van der Waals surface area contributed by atoms with Gasteiger partial charge in [0.05, 0.1) is 0 Å². The predicted octanol–water partition coefficient (Wildman–Crippen LogP) is 1.53. The number of fused-ring (bicyclic) bond motifs is 1. The minimum Gasteiger partial charge on any atom is -0.365 e. The largest absolute Gasteiger partial charge is 0.365 e. The number of aromatic nitrogens is 1. The number of nitrogens with zero attached hydrogens (tertiary/aromatic N) is 1. The van der Waals surface area contributed by atoms with Gasteiger partial charge in [-0.3, -0.25) is 4.79 Å². The molecule has 1 aliphatic rings. The summed E-state index contributed by atoms with van der Waals surface area (Å²) in [5.41, 5.74) is 2.50. The van der Waals surface area contributed by atoms with Gasteiger partial charge in [-0.15, -0.1) is 11.6 Å². The first-order valence-electron chi connectivity index (χ1n) is 4.80. The first-order chi connectivity index (χ1) is 6.81. The zero-order chi connectivity index (χ0) is 9.97. The average molecular weight is 213 g/mol. The van der Waals surface area contributed by atoms with E-state index in [-0.39, 0.29) is 5.91 Å². The van der Waals surface area contributed by atoms with Crippen LogP contribution < -0.4 is 0 Å². The van der Waals surface area contributed by atoms with Crippen molar-refractivity contribution in [2.45, 2.75) is 19.4 Å². The first kappa shape index (κ1) is 9.59. The van der Waals surface area contributed by atoms with E-state index >= 15 is 0 Å². The van der Waals surface area contributed by atoms with E-state index in [0.29, 0.717) is 12.3 Å². The molecule has 1 aromatic rings. The van der Waals surface area contributed by atoms with Crippen molar-refractivity contribution in [2.75, 3.05) is 12.4 Å². The number of nitrogens with one attached hydrogen (secondary N) is 1. The Hall–Kier alpha value is -0.960. The lowest BCUT2D eigenvalue weighted by Gasteiger charge is -2.26. The number of alkyl halides is 1. The van der Waals surface area contributed by atoms with Crippen molar-refractivity contribution in [3.63, 3.8) is 0 Å². The highest BCUT2D eigenvalue weighted by Gasteiger charge is 2.20. The Kier molecular flexibility index (Phi) is 2.77. The summed E-state index contributed by atoms with van der Waals surface area (Å²) in [5.74, 6) is 0.571. The van der Waals surface area contributed by atoms with Crippen LogP contribution in [0.5, 0.6) is 0 Å². The highest BCUT2D eigenvalue weighted by atomic mass is 35.5. The van der Waals surface area contributed by atoms with Crippen molar-refractivity contribution in [1.82, 2.24) is 9.88 Å². The Morgan fingerprint density at radius 3 is 3.29 bits per heavy atom. The molecule has 3 nitrogen and oxygen atoms in total. The van der Waals surface area contributed by atoms with Crippen LogP contribution in [0.2, 0.25) is 0 Å². The monoisotopic (exact) mass is 212 g/mol. The molecule has 2 rings (SSSR count). The van der Waals surface area contributed by atoms with Gasteiger partial charge in [0.2, 0.25) is 5.91 Å². The number of aromatic amines is 1. The van der Waals surface area contributed by atoms with Crippen LogP contribution in [0, 0.1) is 0 Å². The molecular formula is C10H13ClN2O. The Bertz CT molecular complexity index is 335. The van der Waals surface area contributed by atoms with Gasteiger partial charge in [0.25, 0.3) is 0 Å². The predicted molar refractivity (Wildman–Crippen MR) is 55.3 cm³/mol. The lowest BCUT2D eigenvalue weighted by atomic mass is 10.1. The van der Waals surface area contributed by atoms with Crippen molar-refractivity contribution >= 4 is 17.5 Å². The van der Waals surface area contributed by atoms with Crippen LogP contribution in [0.4, 0.5) is 0 Å². The number of rotatable bonds is 2. The third kappa shape index (κ3) is 1.77. The third-order valence-corrected chi connectivity index (χ3v) is 2.77. The van der Waals surface area contributed by atoms with E-state index in [1.807, 2.05) is 17.2 Å². The molecule has 0 aromatic carbocycles. The fraction of sp³-hybridized carbons (Fsp3) is 0.500. The summed E-state index contributed by atoms with van der Waals surface area (Å²) in [6.07, 6.45) is 3.30. The van der Waals surface area contributed by atoms with Crippen molar-refractivity contribution in [3.8, 4) is 0 Å². The molecule has 4 heteroatoms. The second kappa shape index (κ2) is 4.05. The van der Waals surface area contributed by atoms with Crippen LogP contribution in [-0.2, 0) is 17.8 Å². The average Bonchev–Trinajstić information content (AvgIpc) is 2.64. The second-order valence-corrected chi connectivity index (χ2v) is 3.86. The third-order valence-electron chi connectivity index (χ3n) is 2.58. The molecule has 0 fully saturated rings. The molecule has 1 aliphatic heterocycles. The Labute approximate surface area is 88.0 Å². The fourth-order valence-electron chi connectivity index (χ4n) is 1.80. The van der Waals surface area contributed by atoms with Gasteiger partial charge >= 0.3 is 0 Å². The molecule has 0 aliphatic carbocycles.